The summed E-state index contributed by atoms with van der Waals surface area (Å²) in [4.78, 5) is 11.4. The molecule has 0 aliphatic heterocycles. The third-order valence-corrected chi connectivity index (χ3v) is 2.78. The number of quaternary nitrogens is 1. The number of hydrogen-bond acceptors (Lipinski definition) is 1. The van der Waals surface area contributed by atoms with E-state index in [4.69, 9.17) is 18.0 Å². The smallest absolute Gasteiger partial charge is 0.275 e. The molecule has 4 heteroatoms. The first-order chi connectivity index (χ1) is 8.15. The van der Waals surface area contributed by atoms with Gasteiger partial charge in [0.25, 0.3) is 5.91 Å². The van der Waals surface area contributed by atoms with E-state index in [1.54, 1.807) is 0 Å². The van der Waals surface area contributed by atoms with Crippen LogP contribution >= 0.6 is 11.6 Å². The van der Waals surface area contributed by atoms with Gasteiger partial charge in [-0.1, -0.05) is 35.7 Å². The zero-order valence-corrected chi connectivity index (χ0v) is 10.5. The van der Waals surface area contributed by atoms with Gasteiger partial charge in [0, 0.05) is 10.6 Å². The fourth-order valence-electron chi connectivity index (χ4n) is 1.48. The van der Waals surface area contributed by atoms with Gasteiger partial charge in [-0.2, -0.15) is 0 Å². The third kappa shape index (κ3) is 4.48. The first-order valence-corrected chi connectivity index (χ1v) is 5.81. The quantitative estimate of drug-likeness (QED) is 0.744. The highest BCUT2D eigenvalue weighted by molar-refractivity contribution is 6.31. The van der Waals surface area contributed by atoms with Gasteiger partial charge in [-0.25, -0.2) is 0 Å². The number of nitrogens with two attached hydrogens (primary N) is 1. The number of hydrogen-bond donors (Lipinski definition) is 2. The molecule has 0 fully saturated rings. The van der Waals surface area contributed by atoms with Crippen LogP contribution in [0.4, 0.5) is 0 Å². The van der Waals surface area contributed by atoms with Crippen LogP contribution in [0.3, 0.4) is 0 Å². The number of rotatable bonds is 5. The summed E-state index contributed by atoms with van der Waals surface area (Å²) in [6.45, 7) is 2.62. The second-order valence-corrected chi connectivity index (χ2v) is 4.14. The van der Waals surface area contributed by atoms with Crippen molar-refractivity contribution in [1.29, 1.82) is 0 Å². The predicted octanol–water partition coefficient (Wildman–Crippen LogP) is 0.714. The summed E-state index contributed by atoms with van der Waals surface area (Å²) in [5.74, 6) is 2.29. The average Bonchev–Trinajstić information content (AvgIpc) is 2.34. The Morgan fingerprint density at radius 3 is 2.94 bits per heavy atom. The summed E-state index contributed by atoms with van der Waals surface area (Å²) in [5, 5.41) is 5.26. The van der Waals surface area contributed by atoms with Gasteiger partial charge in [0.2, 0.25) is 0 Å². The Kier molecular flexibility index (Phi) is 5.55. The molecule has 1 aromatic carbocycles. The number of nitrogens with one attached hydrogen (secondary N) is 1. The lowest BCUT2D eigenvalue weighted by molar-refractivity contribution is -0.682. The van der Waals surface area contributed by atoms with Gasteiger partial charge in [0.1, 0.15) is 6.04 Å². The van der Waals surface area contributed by atoms with Crippen molar-refractivity contribution in [2.75, 3.05) is 13.1 Å². The molecule has 0 aliphatic rings. The Labute approximate surface area is 107 Å². The van der Waals surface area contributed by atoms with Crippen LogP contribution in [0.1, 0.15) is 18.5 Å². The van der Waals surface area contributed by atoms with E-state index in [-0.39, 0.29) is 18.5 Å². The van der Waals surface area contributed by atoms with Gasteiger partial charge < -0.3 is 10.6 Å². The molecule has 17 heavy (non-hydrogen) atoms. The van der Waals surface area contributed by atoms with Crippen LogP contribution < -0.4 is 10.6 Å². The fraction of sp³-hybridized carbons (Fsp3) is 0.308. The van der Waals surface area contributed by atoms with Crippen molar-refractivity contribution in [3.05, 3.63) is 34.9 Å². The van der Waals surface area contributed by atoms with Crippen LogP contribution in [-0.4, -0.2) is 19.0 Å². The van der Waals surface area contributed by atoms with Gasteiger partial charge >= 0.3 is 0 Å². The summed E-state index contributed by atoms with van der Waals surface area (Å²) in [6.07, 6.45) is 5.05. The molecule has 1 atom stereocenters. The highest BCUT2D eigenvalue weighted by atomic mass is 35.5. The molecular formula is C13H16ClN2O+. The number of terminal acetylenes is 1. The molecule has 1 amide bonds. The van der Waals surface area contributed by atoms with Gasteiger partial charge in [0.15, 0.2) is 6.54 Å². The van der Waals surface area contributed by atoms with Crippen molar-refractivity contribution in [1.82, 2.24) is 5.32 Å². The number of carbonyl (C=O) groups excluding carboxylic acids is 1. The first kappa shape index (κ1) is 13.6. The first-order valence-electron chi connectivity index (χ1n) is 5.43. The largest absolute Gasteiger partial charge is 0.340 e. The Balaban J connectivity index is 2.45. The molecule has 90 valence electrons. The van der Waals surface area contributed by atoms with E-state index >= 15 is 0 Å². The molecule has 0 saturated carbocycles. The number of benzene rings is 1. The van der Waals surface area contributed by atoms with Crippen molar-refractivity contribution in [2.45, 2.75) is 13.0 Å². The highest BCUT2D eigenvalue weighted by Crippen LogP contribution is 2.19. The van der Waals surface area contributed by atoms with E-state index in [9.17, 15) is 4.79 Å². The predicted molar refractivity (Wildman–Crippen MR) is 68.5 cm³/mol. The van der Waals surface area contributed by atoms with Gasteiger partial charge in [-0.15, -0.1) is 6.42 Å². The molecule has 3 nitrogen and oxygen atoms in total. The molecule has 0 aliphatic carbocycles. The van der Waals surface area contributed by atoms with Crippen molar-refractivity contribution < 1.29 is 10.1 Å². The highest BCUT2D eigenvalue weighted by Gasteiger charge is 2.13. The summed E-state index contributed by atoms with van der Waals surface area (Å²) in [5.41, 5.74) is 1.03. The van der Waals surface area contributed by atoms with E-state index in [1.807, 2.05) is 36.5 Å². The van der Waals surface area contributed by atoms with E-state index in [0.717, 1.165) is 10.6 Å². The van der Waals surface area contributed by atoms with Crippen molar-refractivity contribution in [3.63, 3.8) is 0 Å². The van der Waals surface area contributed by atoms with E-state index in [2.05, 4.69) is 11.2 Å². The topological polar surface area (TPSA) is 45.7 Å². The zero-order valence-electron chi connectivity index (χ0n) is 9.74. The third-order valence-electron chi connectivity index (χ3n) is 2.44. The van der Waals surface area contributed by atoms with Gasteiger partial charge in [0.05, 0.1) is 6.54 Å². The van der Waals surface area contributed by atoms with E-state index in [1.165, 1.54) is 0 Å². The number of carbonyl (C=O) groups is 1. The molecule has 0 saturated heterocycles. The molecule has 0 heterocycles. The maximum absolute atomic E-state index is 11.4. The standard InChI is InChI=1S/C13H15ClN2O/c1-3-8-15-13(17)9-16-10(2)11-6-4-5-7-12(11)14/h1,4-7,10,16H,8-9H2,2H3,(H,15,17)/p+1/t10-/m1/s1. The minimum atomic E-state index is -0.0677. The van der Waals surface area contributed by atoms with Crippen LogP contribution in [-0.2, 0) is 4.79 Å². The fourth-order valence-corrected chi connectivity index (χ4v) is 1.78. The number of halogens is 1. The van der Waals surface area contributed by atoms with Crippen LogP contribution in [0.25, 0.3) is 0 Å². The average molecular weight is 252 g/mol. The van der Waals surface area contributed by atoms with Gasteiger partial charge in [-0.3, -0.25) is 4.79 Å². The van der Waals surface area contributed by atoms with E-state index < -0.39 is 0 Å². The lowest BCUT2D eigenvalue weighted by atomic mass is 10.1. The van der Waals surface area contributed by atoms with Crippen LogP contribution in [0.2, 0.25) is 5.02 Å². The number of amides is 1. The molecule has 0 unspecified atom stereocenters. The minimum Gasteiger partial charge on any atom is -0.340 e. The molecule has 3 N–H and O–H groups in total. The molecule has 0 bridgehead atoms. The van der Waals surface area contributed by atoms with Crippen LogP contribution in [0.15, 0.2) is 24.3 Å². The van der Waals surface area contributed by atoms with Crippen LogP contribution in [0.5, 0.6) is 0 Å². The summed E-state index contributed by atoms with van der Waals surface area (Å²) in [7, 11) is 0. The molecular weight excluding hydrogens is 236 g/mol. The maximum Gasteiger partial charge on any atom is 0.275 e. The van der Waals surface area contributed by atoms with Gasteiger partial charge in [-0.05, 0) is 13.0 Å². The van der Waals surface area contributed by atoms with Crippen molar-refractivity contribution >= 4 is 17.5 Å². The molecule has 1 aromatic rings. The van der Waals surface area contributed by atoms with Crippen LogP contribution in [0, 0.1) is 12.3 Å². The molecule has 0 spiro atoms. The molecule has 0 aromatic heterocycles. The van der Waals surface area contributed by atoms with Crippen molar-refractivity contribution in [3.8, 4) is 12.3 Å². The lowest BCUT2D eigenvalue weighted by Crippen LogP contribution is -2.87. The lowest BCUT2D eigenvalue weighted by Gasteiger charge is -2.12. The summed E-state index contributed by atoms with van der Waals surface area (Å²) in [6, 6.07) is 7.77. The Morgan fingerprint density at radius 1 is 1.59 bits per heavy atom. The molecule has 1 rings (SSSR count). The monoisotopic (exact) mass is 251 g/mol. The summed E-state index contributed by atoms with van der Waals surface area (Å²) >= 11 is 6.07. The van der Waals surface area contributed by atoms with Crippen molar-refractivity contribution in [2.24, 2.45) is 0 Å². The normalized spacial score (nSPS) is 11.6. The Morgan fingerprint density at radius 2 is 2.29 bits per heavy atom. The Hall–Kier alpha value is -1.50. The Bertz CT molecular complexity index is 426. The second-order valence-electron chi connectivity index (χ2n) is 3.73. The minimum absolute atomic E-state index is 0.0677. The SMILES string of the molecule is C#CCNC(=O)C[NH2+][C@H](C)c1ccccc1Cl. The zero-order chi connectivity index (χ0) is 12.7. The summed E-state index contributed by atoms with van der Waals surface area (Å²) < 4.78 is 0. The molecule has 0 radical (unpaired) electrons. The second kappa shape index (κ2) is 6.95. The maximum atomic E-state index is 11.4. The van der Waals surface area contributed by atoms with E-state index in [0.29, 0.717) is 6.54 Å².